The molecule has 1 aromatic heterocycles. The minimum atomic E-state index is -0.189. The lowest BCUT2D eigenvalue weighted by molar-refractivity contribution is 0.0985. The number of ether oxygens (including phenoxy) is 1. The molecule has 1 amide bonds. The molecule has 1 aromatic carbocycles. The van der Waals surface area contributed by atoms with E-state index < -0.39 is 0 Å². The van der Waals surface area contributed by atoms with Crippen LogP contribution >= 0.6 is 0 Å². The van der Waals surface area contributed by atoms with Crippen LogP contribution in [0.3, 0.4) is 0 Å². The summed E-state index contributed by atoms with van der Waals surface area (Å²) in [6.45, 7) is 4.26. The first-order chi connectivity index (χ1) is 10.1. The van der Waals surface area contributed by atoms with E-state index in [1.54, 1.807) is 35.4 Å². The maximum absolute atomic E-state index is 12.8. The number of methoxy groups -OCH3 is 1. The van der Waals surface area contributed by atoms with Gasteiger partial charge in [-0.15, -0.1) is 0 Å². The molecule has 0 unspecified atom stereocenters. The zero-order valence-electron chi connectivity index (χ0n) is 12.3. The van der Waals surface area contributed by atoms with Crippen LogP contribution in [0.2, 0.25) is 0 Å². The monoisotopic (exact) mass is 286 g/mol. The molecule has 0 atom stereocenters. The molecular formula is C16H18N2O3. The first kappa shape index (κ1) is 14.8. The molecule has 0 radical (unpaired) electrons. The van der Waals surface area contributed by atoms with Gasteiger partial charge in [-0.05, 0) is 31.5 Å². The predicted octanol–water partition coefficient (Wildman–Crippen LogP) is 2.77. The maximum Gasteiger partial charge on any atom is 0.262 e. The highest BCUT2D eigenvalue weighted by atomic mass is 16.5. The Morgan fingerprint density at radius 2 is 2.14 bits per heavy atom. The summed E-state index contributed by atoms with van der Waals surface area (Å²) in [6.07, 6.45) is 3.06. The zero-order chi connectivity index (χ0) is 15.4. The summed E-state index contributed by atoms with van der Waals surface area (Å²) >= 11 is 0. The van der Waals surface area contributed by atoms with Crippen molar-refractivity contribution in [2.24, 2.45) is 0 Å². The van der Waals surface area contributed by atoms with Crippen LogP contribution in [0, 0.1) is 6.92 Å². The van der Waals surface area contributed by atoms with Gasteiger partial charge in [0.15, 0.2) is 0 Å². The number of aryl methyl sites for hydroxylation is 1. The van der Waals surface area contributed by atoms with Crippen molar-refractivity contribution in [3.8, 4) is 11.5 Å². The minimum absolute atomic E-state index is 0.128. The summed E-state index contributed by atoms with van der Waals surface area (Å²) in [5.41, 5.74) is 2.04. The average molecular weight is 286 g/mol. The molecule has 0 spiro atoms. The molecule has 2 rings (SSSR count). The number of carbonyl (C=O) groups excluding carboxylic acids is 1. The van der Waals surface area contributed by atoms with Gasteiger partial charge in [-0.25, -0.2) is 0 Å². The van der Waals surface area contributed by atoms with Crippen LogP contribution in [0.1, 0.15) is 22.8 Å². The molecule has 5 heteroatoms. The Hall–Kier alpha value is -2.56. The summed E-state index contributed by atoms with van der Waals surface area (Å²) in [4.78, 5) is 18.3. The van der Waals surface area contributed by atoms with Gasteiger partial charge in [0.25, 0.3) is 5.91 Å². The fraction of sp³-hybridized carbons (Fsp3) is 0.250. The van der Waals surface area contributed by atoms with Crippen molar-refractivity contribution in [1.82, 2.24) is 4.98 Å². The maximum atomic E-state index is 12.8. The van der Waals surface area contributed by atoms with Crippen LogP contribution in [-0.2, 0) is 0 Å². The van der Waals surface area contributed by atoms with E-state index in [0.29, 0.717) is 23.5 Å². The fourth-order valence-electron chi connectivity index (χ4n) is 2.18. The summed E-state index contributed by atoms with van der Waals surface area (Å²) in [5, 5.41) is 9.66. The third-order valence-electron chi connectivity index (χ3n) is 3.28. The minimum Gasteiger partial charge on any atom is -0.508 e. The quantitative estimate of drug-likeness (QED) is 0.938. The van der Waals surface area contributed by atoms with E-state index in [-0.39, 0.29) is 11.7 Å². The van der Waals surface area contributed by atoms with Crippen molar-refractivity contribution in [3.63, 3.8) is 0 Å². The van der Waals surface area contributed by atoms with Crippen molar-refractivity contribution in [1.29, 1.82) is 0 Å². The number of carbonyl (C=O) groups is 1. The van der Waals surface area contributed by atoms with Gasteiger partial charge in [0.05, 0.1) is 24.6 Å². The van der Waals surface area contributed by atoms with Gasteiger partial charge in [0.2, 0.25) is 0 Å². The Morgan fingerprint density at radius 1 is 1.38 bits per heavy atom. The topological polar surface area (TPSA) is 62.7 Å². The highest BCUT2D eigenvalue weighted by molar-refractivity contribution is 6.08. The van der Waals surface area contributed by atoms with E-state index in [4.69, 9.17) is 4.74 Å². The van der Waals surface area contributed by atoms with Crippen LogP contribution in [0.15, 0.2) is 36.7 Å². The Labute approximate surface area is 123 Å². The van der Waals surface area contributed by atoms with E-state index in [9.17, 15) is 9.90 Å². The molecule has 1 heterocycles. The molecule has 21 heavy (non-hydrogen) atoms. The van der Waals surface area contributed by atoms with Gasteiger partial charge in [-0.2, -0.15) is 0 Å². The number of aromatic nitrogens is 1. The molecule has 0 aliphatic carbocycles. The zero-order valence-corrected chi connectivity index (χ0v) is 12.3. The summed E-state index contributed by atoms with van der Waals surface area (Å²) < 4.78 is 5.19. The Bertz CT molecular complexity index is 656. The SMILES string of the molecule is CCN(C(=O)c1ccncc1OC)c1cc(O)ccc1C. The van der Waals surface area contributed by atoms with Crippen LogP contribution in [-0.4, -0.2) is 29.7 Å². The van der Waals surface area contributed by atoms with Crippen LogP contribution in [0.5, 0.6) is 11.5 Å². The highest BCUT2D eigenvalue weighted by Crippen LogP contribution is 2.28. The van der Waals surface area contributed by atoms with E-state index in [1.807, 2.05) is 13.8 Å². The van der Waals surface area contributed by atoms with E-state index in [0.717, 1.165) is 5.56 Å². The van der Waals surface area contributed by atoms with Crippen molar-refractivity contribution >= 4 is 11.6 Å². The number of phenolic OH excluding ortho intramolecular Hbond substituents is 1. The number of benzene rings is 1. The number of pyridine rings is 1. The summed E-state index contributed by atoms with van der Waals surface area (Å²) in [7, 11) is 1.50. The first-order valence-electron chi connectivity index (χ1n) is 6.68. The second-order valence-corrected chi connectivity index (χ2v) is 4.60. The number of rotatable bonds is 4. The molecule has 2 aromatic rings. The van der Waals surface area contributed by atoms with E-state index >= 15 is 0 Å². The number of nitrogens with zero attached hydrogens (tertiary/aromatic N) is 2. The Morgan fingerprint density at radius 3 is 2.81 bits per heavy atom. The van der Waals surface area contributed by atoms with Crippen molar-refractivity contribution in [2.75, 3.05) is 18.6 Å². The number of hydrogen-bond acceptors (Lipinski definition) is 4. The molecule has 0 fully saturated rings. The average Bonchev–Trinajstić information content (AvgIpc) is 2.51. The third-order valence-corrected chi connectivity index (χ3v) is 3.28. The van der Waals surface area contributed by atoms with Gasteiger partial charge in [-0.1, -0.05) is 6.07 Å². The second kappa shape index (κ2) is 6.26. The Kier molecular flexibility index (Phi) is 4.42. The number of aromatic hydroxyl groups is 1. The number of hydrogen-bond donors (Lipinski definition) is 1. The standard InChI is InChI=1S/C16H18N2O3/c1-4-18(14-9-12(19)6-5-11(14)2)16(20)13-7-8-17-10-15(13)21-3/h5-10,19H,4H2,1-3H3. The smallest absolute Gasteiger partial charge is 0.262 e. The summed E-state index contributed by atoms with van der Waals surface area (Å²) in [6, 6.07) is 6.60. The highest BCUT2D eigenvalue weighted by Gasteiger charge is 2.21. The van der Waals surface area contributed by atoms with Crippen LogP contribution in [0.4, 0.5) is 5.69 Å². The molecule has 0 aliphatic heterocycles. The lowest BCUT2D eigenvalue weighted by Gasteiger charge is -2.24. The third kappa shape index (κ3) is 2.97. The van der Waals surface area contributed by atoms with Gasteiger partial charge in [0, 0.05) is 18.8 Å². The Balaban J connectivity index is 2.46. The van der Waals surface area contributed by atoms with Gasteiger partial charge in [0.1, 0.15) is 11.5 Å². The second-order valence-electron chi connectivity index (χ2n) is 4.60. The first-order valence-corrected chi connectivity index (χ1v) is 6.68. The van der Waals surface area contributed by atoms with Crippen LogP contribution < -0.4 is 9.64 Å². The van der Waals surface area contributed by atoms with Gasteiger partial charge >= 0.3 is 0 Å². The normalized spacial score (nSPS) is 10.2. The lowest BCUT2D eigenvalue weighted by Crippen LogP contribution is -2.31. The van der Waals surface area contributed by atoms with Crippen molar-refractivity contribution in [2.45, 2.75) is 13.8 Å². The molecule has 1 N–H and O–H groups in total. The summed E-state index contributed by atoms with van der Waals surface area (Å²) in [5.74, 6) is 0.368. The molecule has 110 valence electrons. The van der Waals surface area contributed by atoms with Crippen molar-refractivity contribution in [3.05, 3.63) is 47.8 Å². The van der Waals surface area contributed by atoms with E-state index in [1.165, 1.54) is 13.3 Å². The predicted molar refractivity (Wildman–Crippen MR) is 81.0 cm³/mol. The van der Waals surface area contributed by atoms with Gasteiger partial charge in [-0.3, -0.25) is 9.78 Å². The molecule has 0 saturated carbocycles. The lowest BCUT2D eigenvalue weighted by atomic mass is 10.1. The molecule has 0 saturated heterocycles. The van der Waals surface area contributed by atoms with Crippen LogP contribution in [0.25, 0.3) is 0 Å². The van der Waals surface area contributed by atoms with E-state index in [2.05, 4.69) is 4.98 Å². The van der Waals surface area contributed by atoms with Crippen molar-refractivity contribution < 1.29 is 14.6 Å². The number of anilines is 1. The fourth-order valence-corrected chi connectivity index (χ4v) is 2.18. The number of phenols is 1. The van der Waals surface area contributed by atoms with Gasteiger partial charge < -0.3 is 14.7 Å². The molecular weight excluding hydrogens is 268 g/mol. The largest absolute Gasteiger partial charge is 0.508 e. The number of amides is 1. The molecule has 0 bridgehead atoms. The molecule has 0 aliphatic rings. The molecule has 5 nitrogen and oxygen atoms in total.